The zero-order valence-electron chi connectivity index (χ0n) is 14.7. The summed E-state index contributed by atoms with van der Waals surface area (Å²) in [7, 11) is 0. The molecule has 2 aromatic heterocycles. The molecular weight excluding hydrogens is 320 g/mol. The maximum atomic E-state index is 13.1. The Morgan fingerprint density at radius 1 is 1.38 bits per heavy atom. The number of aromatic nitrogens is 1. The lowest BCUT2D eigenvalue weighted by Crippen LogP contribution is -3.14. The van der Waals surface area contributed by atoms with Crippen LogP contribution < -0.4 is 4.90 Å². The van der Waals surface area contributed by atoms with Crippen molar-refractivity contribution in [1.82, 2.24) is 4.98 Å². The fraction of sp³-hybridized carbons (Fsp3) is 0.474. The highest BCUT2D eigenvalue weighted by atomic mass is 32.1. The van der Waals surface area contributed by atoms with Gasteiger partial charge in [0, 0.05) is 24.1 Å². The number of H-pyrrole nitrogens is 1. The number of aromatic amines is 1. The summed E-state index contributed by atoms with van der Waals surface area (Å²) in [5.41, 5.74) is 2.86. The summed E-state index contributed by atoms with van der Waals surface area (Å²) >= 11 is 1.78. The van der Waals surface area contributed by atoms with Gasteiger partial charge in [0.1, 0.15) is 6.04 Å². The van der Waals surface area contributed by atoms with Gasteiger partial charge in [-0.05, 0) is 44.7 Å². The molecule has 1 fully saturated rings. The lowest BCUT2D eigenvalue weighted by molar-refractivity contribution is -0.931. The summed E-state index contributed by atoms with van der Waals surface area (Å²) in [6, 6.07) is 4.55. The van der Waals surface area contributed by atoms with Crippen LogP contribution in [0, 0.1) is 13.8 Å². The Hall–Kier alpha value is -1.72. The summed E-state index contributed by atoms with van der Waals surface area (Å²) in [6.45, 7) is 8.33. The molecular formula is C19H25N2O2S+. The zero-order valence-corrected chi connectivity index (χ0v) is 15.5. The van der Waals surface area contributed by atoms with E-state index in [2.05, 4.69) is 22.5 Å². The van der Waals surface area contributed by atoms with Gasteiger partial charge in [0.15, 0.2) is 11.8 Å². The predicted molar refractivity (Wildman–Crippen MR) is 96.2 cm³/mol. The van der Waals surface area contributed by atoms with E-state index < -0.39 is 0 Å². The molecule has 3 heterocycles. The normalized spacial score (nSPS) is 21.8. The van der Waals surface area contributed by atoms with Gasteiger partial charge in [-0.2, -0.15) is 0 Å². The van der Waals surface area contributed by atoms with Crippen LogP contribution in [-0.2, 0) is 0 Å². The van der Waals surface area contributed by atoms with Gasteiger partial charge in [0.05, 0.1) is 17.1 Å². The monoisotopic (exact) mass is 345 g/mol. The fourth-order valence-corrected chi connectivity index (χ4v) is 5.02. The molecule has 0 spiro atoms. The maximum absolute atomic E-state index is 13.1. The largest absolute Gasteiger partial charge is 0.355 e. The van der Waals surface area contributed by atoms with Crippen molar-refractivity contribution >= 4 is 22.9 Å². The highest BCUT2D eigenvalue weighted by Crippen LogP contribution is 2.25. The van der Waals surface area contributed by atoms with E-state index in [9.17, 15) is 9.59 Å². The second-order valence-electron chi connectivity index (χ2n) is 6.80. The van der Waals surface area contributed by atoms with E-state index in [0.29, 0.717) is 17.3 Å². The molecule has 1 saturated heterocycles. The number of Topliss-reactive ketones (excluding diaryl/α,β-unsaturated/α-hetero) is 2. The number of nitrogens with one attached hydrogen (secondary N) is 2. The first-order chi connectivity index (χ1) is 11.4. The Kier molecular flexibility index (Phi) is 4.74. The summed E-state index contributed by atoms with van der Waals surface area (Å²) in [5.74, 6) is 0.125. The predicted octanol–water partition coefficient (Wildman–Crippen LogP) is 2.89. The van der Waals surface area contributed by atoms with Crippen LogP contribution in [-0.4, -0.2) is 29.1 Å². The van der Waals surface area contributed by atoms with Crippen molar-refractivity contribution in [1.29, 1.82) is 0 Å². The number of thiophene rings is 1. The first-order valence-corrected chi connectivity index (χ1v) is 9.43. The molecule has 3 atom stereocenters. The molecule has 3 rings (SSSR count). The standard InChI is InChI=1S/C19H24N2O2S/c1-11-17(14(4)22)12(2)20-18(11)19(23)13(3)21-9-5-7-15(21)16-8-6-10-24-16/h6,8,10,13,15,20H,5,7,9H2,1-4H3/p+1/t13-,15-/m1/s1. The summed E-state index contributed by atoms with van der Waals surface area (Å²) in [4.78, 5) is 30.8. The van der Waals surface area contributed by atoms with E-state index in [0.717, 1.165) is 30.6 Å². The van der Waals surface area contributed by atoms with Crippen LogP contribution in [0.15, 0.2) is 17.5 Å². The van der Waals surface area contributed by atoms with Crippen molar-refractivity contribution in [2.45, 2.75) is 52.6 Å². The second-order valence-corrected chi connectivity index (χ2v) is 7.78. The number of carbonyl (C=O) groups is 2. The quantitative estimate of drug-likeness (QED) is 0.819. The van der Waals surface area contributed by atoms with E-state index in [-0.39, 0.29) is 17.6 Å². The van der Waals surface area contributed by atoms with Crippen LogP contribution in [0.25, 0.3) is 0 Å². The molecule has 0 aliphatic carbocycles. The Labute approximate surface area is 146 Å². The molecule has 2 aromatic rings. The van der Waals surface area contributed by atoms with Gasteiger partial charge in [-0.1, -0.05) is 6.07 Å². The maximum Gasteiger partial charge on any atom is 0.236 e. The van der Waals surface area contributed by atoms with Crippen LogP contribution >= 0.6 is 11.3 Å². The third-order valence-electron chi connectivity index (χ3n) is 5.28. The molecule has 0 bridgehead atoms. The number of aryl methyl sites for hydroxylation is 1. The van der Waals surface area contributed by atoms with E-state index in [1.54, 1.807) is 18.3 Å². The van der Waals surface area contributed by atoms with Crippen molar-refractivity contribution in [3.63, 3.8) is 0 Å². The van der Waals surface area contributed by atoms with Gasteiger partial charge >= 0.3 is 0 Å². The van der Waals surface area contributed by atoms with Gasteiger partial charge < -0.3 is 9.88 Å². The van der Waals surface area contributed by atoms with Gasteiger partial charge in [-0.15, -0.1) is 11.3 Å². The van der Waals surface area contributed by atoms with Gasteiger partial charge in [0.25, 0.3) is 0 Å². The Balaban J connectivity index is 1.87. The van der Waals surface area contributed by atoms with Crippen molar-refractivity contribution in [3.8, 4) is 0 Å². The first kappa shape index (κ1) is 17.1. The number of ketones is 2. The SMILES string of the molecule is CC(=O)c1c(C)[nH]c(C(=O)[C@@H](C)[NH+]2CCC[C@@H]2c2cccs2)c1C. The highest BCUT2D eigenvalue weighted by molar-refractivity contribution is 7.10. The zero-order chi connectivity index (χ0) is 17.4. The topological polar surface area (TPSA) is 54.4 Å². The summed E-state index contributed by atoms with van der Waals surface area (Å²) < 4.78 is 0. The molecule has 0 amide bonds. The number of rotatable bonds is 5. The molecule has 0 radical (unpaired) electrons. The molecule has 2 N–H and O–H groups in total. The van der Waals surface area contributed by atoms with Crippen LogP contribution in [0.4, 0.5) is 0 Å². The molecule has 128 valence electrons. The summed E-state index contributed by atoms with van der Waals surface area (Å²) in [6.07, 6.45) is 2.28. The Bertz CT molecular complexity index is 761. The van der Waals surface area contributed by atoms with E-state index in [1.807, 2.05) is 20.8 Å². The van der Waals surface area contributed by atoms with Crippen LogP contribution in [0.1, 0.15) is 69.7 Å². The van der Waals surface area contributed by atoms with E-state index in [4.69, 9.17) is 0 Å². The van der Waals surface area contributed by atoms with Crippen LogP contribution in [0.3, 0.4) is 0 Å². The minimum atomic E-state index is -0.115. The van der Waals surface area contributed by atoms with Crippen molar-refractivity contribution in [2.24, 2.45) is 0 Å². The van der Waals surface area contributed by atoms with Gasteiger partial charge in [-0.25, -0.2) is 0 Å². The van der Waals surface area contributed by atoms with Crippen molar-refractivity contribution in [3.05, 3.63) is 44.9 Å². The number of carbonyl (C=O) groups excluding carboxylic acids is 2. The number of likely N-dealkylation sites (tertiary alicyclic amines) is 1. The fourth-order valence-electron chi connectivity index (χ4n) is 4.11. The second kappa shape index (κ2) is 6.65. The average Bonchev–Trinajstić information content (AvgIpc) is 3.24. The number of hydrogen-bond donors (Lipinski definition) is 2. The summed E-state index contributed by atoms with van der Waals surface area (Å²) in [5, 5.41) is 2.11. The van der Waals surface area contributed by atoms with Gasteiger partial charge in [0.2, 0.25) is 5.78 Å². The van der Waals surface area contributed by atoms with E-state index >= 15 is 0 Å². The first-order valence-electron chi connectivity index (χ1n) is 8.55. The molecule has 0 saturated carbocycles. The molecule has 5 heteroatoms. The van der Waals surface area contributed by atoms with Crippen LogP contribution in [0.2, 0.25) is 0 Å². The minimum Gasteiger partial charge on any atom is -0.355 e. The van der Waals surface area contributed by atoms with Crippen molar-refractivity contribution in [2.75, 3.05) is 6.54 Å². The van der Waals surface area contributed by atoms with E-state index in [1.165, 1.54) is 9.78 Å². The lowest BCUT2D eigenvalue weighted by Gasteiger charge is -2.26. The Morgan fingerprint density at radius 3 is 2.71 bits per heavy atom. The van der Waals surface area contributed by atoms with Crippen LogP contribution in [0.5, 0.6) is 0 Å². The molecule has 1 unspecified atom stereocenters. The van der Waals surface area contributed by atoms with Crippen molar-refractivity contribution < 1.29 is 14.5 Å². The molecule has 0 aromatic carbocycles. The highest BCUT2D eigenvalue weighted by Gasteiger charge is 2.39. The third kappa shape index (κ3) is 2.87. The number of hydrogen-bond acceptors (Lipinski definition) is 3. The Morgan fingerprint density at radius 2 is 2.12 bits per heavy atom. The molecule has 24 heavy (non-hydrogen) atoms. The number of quaternary nitrogens is 1. The molecule has 1 aliphatic heterocycles. The minimum absolute atomic E-state index is 0.0120. The third-order valence-corrected chi connectivity index (χ3v) is 6.26. The average molecular weight is 345 g/mol. The smallest absolute Gasteiger partial charge is 0.236 e. The van der Waals surface area contributed by atoms with Gasteiger partial charge in [-0.3, -0.25) is 9.59 Å². The molecule has 4 nitrogen and oxygen atoms in total. The molecule has 1 aliphatic rings. The lowest BCUT2D eigenvalue weighted by atomic mass is 10.0.